The second-order valence-corrected chi connectivity index (χ2v) is 3.86. The van der Waals surface area contributed by atoms with Crippen LogP contribution in [0.2, 0.25) is 0 Å². The first-order valence-electron chi connectivity index (χ1n) is 4.94. The zero-order chi connectivity index (χ0) is 10.8. The minimum absolute atomic E-state index is 0.0290. The summed E-state index contributed by atoms with van der Waals surface area (Å²) in [4.78, 5) is 21.8. The molecular formula is C10H15FO3. The largest absolute Gasteiger partial charge is 0.479 e. The lowest BCUT2D eigenvalue weighted by atomic mass is 9.78. The Morgan fingerprint density at radius 1 is 1.43 bits per heavy atom. The number of Topliss-reactive ketones (excluding diaryl/α,β-unsaturated/α-hetero) is 1. The highest BCUT2D eigenvalue weighted by Gasteiger charge is 2.43. The lowest BCUT2D eigenvalue weighted by Gasteiger charge is -2.29. The summed E-state index contributed by atoms with van der Waals surface area (Å²) in [6.45, 7) is 1.77. The fraction of sp³-hybridized carbons (Fsp3) is 0.800. The van der Waals surface area contributed by atoms with E-state index in [9.17, 15) is 14.0 Å². The zero-order valence-electron chi connectivity index (χ0n) is 8.25. The highest BCUT2D eigenvalue weighted by atomic mass is 19.1. The molecule has 0 atom stereocenters. The fourth-order valence-electron chi connectivity index (χ4n) is 1.90. The molecule has 80 valence electrons. The summed E-state index contributed by atoms with van der Waals surface area (Å²) >= 11 is 0. The van der Waals surface area contributed by atoms with Crippen LogP contribution in [0.15, 0.2) is 0 Å². The first-order valence-corrected chi connectivity index (χ1v) is 4.94. The fourth-order valence-corrected chi connectivity index (χ4v) is 1.90. The summed E-state index contributed by atoms with van der Waals surface area (Å²) < 4.78 is 13.5. The van der Waals surface area contributed by atoms with Gasteiger partial charge in [0.25, 0.3) is 0 Å². The van der Waals surface area contributed by atoms with Gasteiger partial charge in [-0.2, -0.15) is 0 Å². The maximum atomic E-state index is 13.5. The minimum atomic E-state index is -2.09. The number of aliphatic carboxylic acids is 1. The summed E-state index contributed by atoms with van der Waals surface area (Å²) in [6, 6.07) is 0. The quantitative estimate of drug-likeness (QED) is 0.761. The van der Waals surface area contributed by atoms with Gasteiger partial charge in [-0.3, -0.25) is 4.79 Å². The van der Waals surface area contributed by atoms with Crippen molar-refractivity contribution in [3.8, 4) is 0 Å². The molecule has 1 aliphatic rings. The smallest absolute Gasteiger partial charge is 0.341 e. The van der Waals surface area contributed by atoms with Crippen molar-refractivity contribution in [3.63, 3.8) is 0 Å². The van der Waals surface area contributed by atoms with Crippen LogP contribution >= 0.6 is 0 Å². The van der Waals surface area contributed by atoms with Crippen molar-refractivity contribution in [2.75, 3.05) is 0 Å². The number of hydrogen-bond acceptors (Lipinski definition) is 2. The van der Waals surface area contributed by atoms with E-state index in [-0.39, 0.29) is 24.5 Å². The number of halogens is 1. The van der Waals surface area contributed by atoms with Gasteiger partial charge in [-0.25, -0.2) is 9.18 Å². The summed E-state index contributed by atoms with van der Waals surface area (Å²) in [5, 5.41) is 8.62. The molecule has 3 nitrogen and oxygen atoms in total. The molecule has 0 amide bonds. The number of carbonyl (C=O) groups is 2. The number of alkyl halides is 1. The molecule has 4 heteroatoms. The van der Waals surface area contributed by atoms with Gasteiger partial charge in [-0.1, -0.05) is 6.92 Å². The highest BCUT2D eigenvalue weighted by molar-refractivity contribution is 5.82. The van der Waals surface area contributed by atoms with Crippen LogP contribution in [0.5, 0.6) is 0 Å². The van der Waals surface area contributed by atoms with Gasteiger partial charge >= 0.3 is 5.97 Å². The van der Waals surface area contributed by atoms with Crippen molar-refractivity contribution < 1.29 is 19.1 Å². The molecule has 1 saturated carbocycles. The van der Waals surface area contributed by atoms with Crippen LogP contribution in [0.3, 0.4) is 0 Å². The molecule has 0 aromatic heterocycles. The van der Waals surface area contributed by atoms with Crippen molar-refractivity contribution in [1.82, 2.24) is 0 Å². The Morgan fingerprint density at radius 3 is 2.29 bits per heavy atom. The topological polar surface area (TPSA) is 54.4 Å². The van der Waals surface area contributed by atoms with E-state index in [0.29, 0.717) is 19.3 Å². The van der Waals surface area contributed by atoms with Crippen molar-refractivity contribution >= 4 is 11.8 Å². The van der Waals surface area contributed by atoms with Crippen molar-refractivity contribution in [1.29, 1.82) is 0 Å². The van der Waals surface area contributed by atoms with E-state index < -0.39 is 11.6 Å². The van der Waals surface area contributed by atoms with Gasteiger partial charge in [0.1, 0.15) is 5.78 Å². The van der Waals surface area contributed by atoms with Gasteiger partial charge in [-0.05, 0) is 25.7 Å². The molecule has 0 bridgehead atoms. The molecule has 0 radical (unpaired) electrons. The van der Waals surface area contributed by atoms with Gasteiger partial charge in [0, 0.05) is 12.3 Å². The van der Waals surface area contributed by atoms with E-state index in [4.69, 9.17) is 5.11 Å². The lowest BCUT2D eigenvalue weighted by Crippen LogP contribution is -2.39. The Hall–Kier alpha value is -0.930. The average Bonchev–Trinajstić information content (AvgIpc) is 2.17. The minimum Gasteiger partial charge on any atom is -0.479 e. The summed E-state index contributed by atoms with van der Waals surface area (Å²) in [5.41, 5.74) is -2.09. The number of carboxylic acids is 1. The molecule has 0 aromatic carbocycles. The highest BCUT2D eigenvalue weighted by Crippen LogP contribution is 2.36. The van der Waals surface area contributed by atoms with E-state index >= 15 is 0 Å². The molecule has 14 heavy (non-hydrogen) atoms. The maximum absolute atomic E-state index is 13.5. The van der Waals surface area contributed by atoms with Crippen LogP contribution in [0.4, 0.5) is 4.39 Å². The number of ketones is 1. The Kier molecular flexibility index (Phi) is 3.24. The van der Waals surface area contributed by atoms with Gasteiger partial charge in [0.15, 0.2) is 0 Å². The monoisotopic (exact) mass is 202 g/mol. The Labute approximate surface area is 82.3 Å². The molecule has 0 unspecified atom stereocenters. The molecule has 1 aliphatic carbocycles. The second kappa shape index (κ2) is 4.07. The Morgan fingerprint density at radius 2 is 1.93 bits per heavy atom. The second-order valence-electron chi connectivity index (χ2n) is 3.86. The van der Waals surface area contributed by atoms with Crippen LogP contribution in [-0.2, 0) is 9.59 Å². The summed E-state index contributed by atoms with van der Waals surface area (Å²) in [5.74, 6) is -1.39. The van der Waals surface area contributed by atoms with E-state index in [0.717, 1.165) is 0 Å². The van der Waals surface area contributed by atoms with Crippen LogP contribution in [-0.4, -0.2) is 22.5 Å². The number of carboxylic acid groups (broad SMARTS) is 1. The van der Waals surface area contributed by atoms with Crippen molar-refractivity contribution in [3.05, 3.63) is 0 Å². The standard InChI is InChI=1S/C10H15FO3/c1-2-8(12)7-3-5-10(11,6-4-7)9(13)14/h7H,2-6H2,1H3,(H,13,14). The van der Waals surface area contributed by atoms with Gasteiger partial charge < -0.3 is 5.11 Å². The van der Waals surface area contributed by atoms with Crippen LogP contribution in [0.1, 0.15) is 39.0 Å². The van der Waals surface area contributed by atoms with E-state index in [1.807, 2.05) is 0 Å². The first-order chi connectivity index (χ1) is 6.49. The van der Waals surface area contributed by atoms with Crippen molar-refractivity contribution in [2.45, 2.75) is 44.7 Å². The number of carbonyl (C=O) groups excluding carboxylic acids is 1. The van der Waals surface area contributed by atoms with Gasteiger partial charge in [-0.15, -0.1) is 0 Å². The van der Waals surface area contributed by atoms with Crippen LogP contribution < -0.4 is 0 Å². The molecule has 0 spiro atoms. The van der Waals surface area contributed by atoms with E-state index in [1.54, 1.807) is 6.92 Å². The zero-order valence-corrected chi connectivity index (χ0v) is 8.25. The number of rotatable bonds is 3. The summed E-state index contributed by atoms with van der Waals surface area (Å²) in [6.07, 6.45) is 1.14. The van der Waals surface area contributed by atoms with Crippen LogP contribution in [0, 0.1) is 5.92 Å². The molecule has 1 rings (SSSR count). The Bertz CT molecular complexity index is 242. The normalized spacial score (nSPS) is 32.6. The summed E-state index contributed by atoms with van der Waals surface area (Å²) in [7, 11) is 0. The Balaban J connectivity index is 2.54. The van der Waals surface area contributed by atoms with Gasteiger partial charge in [0.05, 0.1) is 0 Å². The molecule has 0 aromatic rings. The SMILES string of the molecule is CCC(=O)C1CCC(F)(C(=O)O)CC1. The average molecular weight is 202 g/mol. The van der Waals surface area contributed by atoms with Gasteiger partial charge in [0.2, 0.25) is 5.67 Å². The third-order valence-corrected chi connectivity index (χ3v) is 2.97. The molecular weight excluding hydrogens is 187 g/mol. The molecule has 1 fully saturated rings. The maximum Gasteiger partial charge on any atom is 0.341 e. The van der Waals surface area contributed by atoms with Crippen molar-refractivity contribution in [2.24, 2.45) is 5.92 Å². The first kappa shape index (κ1) is 11.1. The lowest BCUT2D eigenvalue weighted by molar-refractivity contribution is -0.154. The number of hydrogen-bond donors (Lipinski definition) is 1. The molecule has 0 aliphatic heterocycles. The van der Waals surface area contributed by atoms with E-state index in [1.165, 1.54) is 0 Å². The third-order valence-electron chi connectivity index (χ3n) is 2.97. The van der Waals surface area contributed by atoms with Crippen LogP contribution in [0.25, 0.3) is 0 Å². The molecule has 1 N–H and O–H groups in total. The predicted molar refractivity (Wildman–Crippen MR) is 48.7 cm³/mol. The molecule has 0 heterocycles. The predicted octanol–water partition coefficient (Wildman–Crippen LogP) is 1.95. The van der Waals surface area contributed by atoms with E-state index in [2.05, 4.69) is 0 Å². The molecule has 0 saturated heterocycles. The third kappa shape index (κ3) is 2.11.